The zero-order valence-electron chi connectivity index (χ0n) is 14.2. The summed E-state index contributed by atoms with van der Waals surface area (Å²) in [5.74, 6) is 0.654. The number of carbonyl (C=O) groups excluding carboxylic acids is 1. The van der Waals surface area contributed by atoms with Gasteiger partial charge in [0.1, 0.15) is 0 Å². The Hall–Kier alpha value is -2.14. The van der Waals surface area contributed by atoms with Gasteiger partial charge in [-0.2, -0.15) is 5.10 Å². The molecule has 5 nitrogen and oxygen atoms in total. The van der Waals surface area contributed by atoms with E-state index in [9.17, 15) is 4.79 Å². The zero-order valence-corrected chi connectivity index (χ0v) is 14.2. The van der Waals surface area contributed by atoms with Crippen LogP contribution in [0.15, 0.2) is 30.3 Å². The highest BCUT2D eigenvalue weighted by molar-refractivity contribution is 5.96. The Bertz CT molecular complexity index is 738. The zero-order chi connectivity index (χ0) is 16.5. The lowest BCUT2D eigenvalue weighted by molar-refractivity contribution is -0.119. The first kappa shape index (κ1) is 15.4. The second-order valence-electron chi connectivity index (χ2n) is 6.97. The molecule has 4 rings (SSSR count). The minimum atomic E-state index is 0.221. The number of fused-ring (bicyclic) bond motifs is 1. The fraction of sp³-hybridized carbons (Fsp3) is 0.474. The van der Waals surface area contributed by atoms with Gasteiger partial charge in [0.25, 0.3) is 0 Å². The molecule has 0 spiro atoms. The maximum atomic E-state index is 12.8. The third-order valence-corrected chi connectivity index (χ3v) is 5.20. The molecule has 2 aliphatic heterocycles. The molecule has 5 heteroatoms. The first-order valence-electron chi connectivity index (χ1n) is 8.83. The molecule has 2 aliphatic rings. The van der Waals surface area contributed by atoms with E-state index in [-0.39, 0.29) is 5.91 Å². The lowest BCUT2D eigenvalue weighted by Gasteiger charge is -2.32. The Balaban J connectivity index is 1.41. The summed E-state index contributed by atoms with van der Waals surface area (Å²) in [4.78, 5) is 17.0. The van der Waals surface area contributed by atoms with E-state index in [4.69, 9.17) is 0 Å². The number of H-pyrrole nitrogens is 1. The molecule has 1 saturated heterocycles. The summed E-state index contributed by atoms with van der Waals surface area (Å²) < 4.78 is 0. The third kappa shape index (κ3) is 2.96. The van der Waals surface area contributed by atoms with Crippen molar-refractivity contribution in [1.29, 1.82) is 0 Å². The number of aromatic nitrogens is 2. The van der Waals surface area contributed by atoms with Gasteiger partial charge in [0.2, 0.25) is 5.91 Å². The highest BCUT2D eigenvalue weighted by Crippen LogP contribution is 2.29. The fourth-order valence-electron chi connectivity index (χ4n) is 3.96. The van der Waals surface area contributed by atoms with Crippen molar-refractivity contribution < 1.29 is 4.79 Å². The maximum absolute atomic E-state index is 12.8. The summed E-state index contributed by atoms with van der Waals surface area (Å²) in [5, 5.41) is 7.45. The number of carbonyl (C=O) groups is 1. The number of rotatable bonds is 3. The number of hydrogen-bond acceptors (Lipinski definition) is 3. The smallest absolute Gasteiger partial charge is 0.241 e. The standard InChI is InChI=1S/C19H24N4O/c1-14-11-17(21-20-14)16-6-4-9-22(12-16)13-19(24)23-10-8-15-5-2-3-7-18(15)23/h2-3,5,7,11,16H,4,6,8-10,12-13H2,1H3,(H,20,21)/t16-/m1/s1. The Labute approximate surface area is 142 Å². The SMILES string of the molecule is Cc1cc([C@@H]2CCCN(CC(=O)N3CCc4ccccc43)C2)n[nH]1. The summed E-state index contributed by atoms with van der Waals surface area (Å²) in [6.45, 7) is 5.28. The molecule has 24 heavy (non-hydrogen) atoms. The van der Waals surface area contributed by atoms with E-state index in [1.807, 2.05) is 24.0 Å². The van der Waals surface area contributed by atoms with Crippen LogP contribution in [0.1, 0.15) is 35.7 Å². The fourth-order valence-corrected chi connectivity index (χ4v) is 3.96. The number of likely N-dealkylation sites (tertiary alicyclic amines) is 1. The van der Waals surface area contributed by atoms with E-state index >= 15 is 0 Å². The van der Waals surface area contributed by atoms with Gasteiger partial charge in [0.15, 0.2) is 0 Å². The first-order valence-corrected chi connectivity index (χ1v) is 8.83. The maximum Gasteiger partial charge on any atom is 0.241 e. The number of nitrogens with zero attached hydrogens (tertiary/aromatic N) is 3. The van der Waals surface area contributed by atoms with Crippen molar-refractivity contribution in [3.05, 3.63) is 47.3 Å². The topological polar surface area (TPSA) is 52.2 Å². The first-order chi connectivity index (χ1) is 11.7. The number of para-hydroxylation sites is 1. The summed E-state index contributed by atoms with van der Waals surface area (Å²) in [5.41, 5.74) is 4.62. The molecule has 1 fully saturated rings. The van der Waals surface area contributed by atoms with E-state index in [0.717, 1.165) is 56.0 Å². The van der Waals surface area contributed by atoms with E-state index < -0.39 is 0 Å². The molecule has 1 aromatic heterocycles. The molecule has 0 radical (unpaired) electrons. The van der Waals surface area contributed by atoms with Crippen molar-refractivity contribution in [2.24, 2.45) is 0 Å². The molecule has 1 amide bonds. The van der Waals surface area contributed by atoms with Crippen LogP contribution in [0.5, 0.6) is 0 Å². The van der Waals surface area contributed by atoms with Crippen LogP contribution < -0.4 is 4.90 Å². The highest BCUT2D eigenvalue weighted by Gasteiger charge is 2.28. The van der Waals surface area contributed by atoms with E-state index in [2.05, 4.69) is 33.3 Å². The predicted octanol–water partition coefficient (Wildman–Crippen LogP) is 2.49. The number of hydrogen-bond donors (Lipinski definition) is 1. The van der Waals surface area contributed by atoms with Gasteiger partial charge in [-0.25, -0.2) is 0 Å². The number of piperidine rings is 1. The molecule has 126 valence electrons. The number of benzene rings is 1. The van der Waals surface area contributed by atoms with Crippen molar-refractivity contribution in [2.45, 2.75) is 32.1 Å². The molecule has 2 aromatic rings. The van der Waals surface area contributed by atoms with Crippen LogP contribution in [-0.2, 0) is 11.2 Å². The van der Waals surface area contributed by atoms with Crippen molar-refractivity contribution >= 4 is 11.6 Å². The van der Waals surface area contributed by atoms with Gasteiger partial charge >= 0.3 is 0 Å². The van der Waals surface area contributed by atoms with E-state index in [1.54, 1.807) is 0 Å². The van der Waals surface area contributed by atoms with Gasteiger partial charge < -0.3 is 4.90 Å². The van der Waals surface area contributed by atoms with Crippen LogP contribution in [0.4, 0.5) is 5.69 Å². The Morgan fingerprint density at radius 1 is 1.33 bits per heavy atom. The van der Waals surface area contributed by atoms with Gasteiger partial charge in [-0.1, -0.05) is 18.2 Å². The Kier molecular flexibility index (Phi) is 4.10. The predicted molar refractivity (Wildman–Crippen MR) is 94.2 cm³/mol. The van der Waals surface area contributed by atoms with Gasteiger partial charge in [-0.3, -0.25) is 14.8 Å². The minimum Gasteiger partial charge on any atom is -0.311 e. The number of anilines is 1. The van der Waals surface area contributed by atoms with E-state index in [1.165, 1.54) is 5.56 Å². The average molecular weight is 324 g/mol. The van der Waals surface area contributed by atoms with Gasteiger partial charge in [0, 0.05) is 30.4 Å². The molecule has 1 aromatic carbocycles. The summed E-state index contributed by atoms with van der Waals surface area (Å²) in [6, 6.07) is 10.4. The summed E-state index contributed by atoms with van der Waals surface area (Å²) >= 11 is 0. The Morgan fingerprint density at radius 3 is 3.04 bits per heavy atom. The van der Waals surface area contributed by atoms with Crippen LogP contribution in [0, 0.1) is 6.92 Å². The normalized spacial score (nSPS) is 21.0. The van der Waals surface area contributed by atoms with Crippen LogP contribution in [-0.4, -0.2) is 47.2 Å². The van der Waals surface area contributed by atoms with E-state index in [0.29, 0.717) is 12.5 Å². The average Bonchev–Trinajstić information content (AvgIpc) is 3.21. The second kappa shape index (κ2) is 6.40. The molecule has 1 atom stereocenters. The molecular formula is C19H24N4O. The molecule has 0 unspecified atom stereocenters. The van der Waals surface area contributed by atoms with Crippen LogP contribution in [0.25, 0.3) is 0 Å². The molecule has 0 aliphatic carbocycles. The van der Waals surface area contributed by atoms with Crippen LogP contribution in [0.2, 0.25) is 0 Å². The van der Waals surface area contributed by atoms with Crippen molar-refractivity contribution in [3.8, 4) is 0 Å². The van der Waals surface area contributed by atoms with Crippen LogP contribution in [0.3, 0.4) is 0 Å². The quantitative estimate of drug-likeness (QED) is 0.944. The van der Waals surface area contributed by atoms with Crippen molar-refractivity contribution in [2.75, 3.05) is 31.1 Å². The molecule has 3 heterocycles. The molecule has 1 N–H and O–H groups in total. The largest absolute Gasteiger partial charge is 0.311 e. The minimum absolute atomic E-state index is 0.221. The van der Waals surface area contributed by atoms with Crippen LogP contribution >= 0.6 is 0 Å². The van der Waals surface area contributed by atoms with Crippen molar-refractivity contribution in [3.63, 3.8) is 0 Å². The van der Waals surface area contributed by atoms with Crippen molar-refractivity contribution in [1.82, 2.24) is 15.1 Å². The lowest BCUT2D eigenvalue weighted by Crippen LogP contribution is -2.43. The molecule has 0 bridgehead atoms. The Morgan fingerprint density at radius 2 is 2.21 bits per heavy atom. The highest BCUT2D eigenvalue weighted by atomic mass is 16.2. The second-order valence-corrected chi connectivity index (χ2v) is 6.97. The third-order valence-electron chi connectivity index (χ3n) is 5.20. The van der Waals surface area contributed by atoms with Gasteiger partial charge in [-0.15, -0.1) is 0 Å². The van der Waals surface area contributed by atoms with Gasteiger partial charge in [-0.05, 0) is 50.4 Å². The van der Waals surface area contributed by atoms with Gasteiger partial charge in [0.05, 0.1) is 12.2 Å². The molecule has 0 saturated carbocycles. The number of aromatic amines is 1. The number of amides is 1. The number of aryl methyl sites for hydroxylation is 1. The molecular weight excluding hydrogens is 300 g/mol. The number of nitrogens with one attached hydrogen (secondary N) is 1. The summed E-state index contributed by atoms with van der Waals surface area (Å²) in [7, 11) is 0. The lowest BCUT2D eigenvalue weighted by atomic mass is 9.94. The monoisotopic (exact) mass is 324 g/mol. The summed E-state index contributed by atoms with van der Waals surface area (Å²) in [6.07, 6.45) is 3.25.